The van der Waals surface area contributed by atoms with Crippen molar-refractivity contribution >= 4 is 29.1 Å². The van der Waals surface area contributed by atoms with E-state index in [4.69, 9.17) is 17.3 Å². The van der Waals surface area contributed by atoms with Gasteiger partial charge in [0.2, 0.25) is 5.91 Å². The lowest BCUT2D eigenvalue weighted by Crippen LogP contribution is -2.28. The van der Waals surface area contributed by atoms with E-state index < -0.39 is 5.91 Å². The third-order valence-electron chi connectivity index (χ3n) is 5.09. The highest BCUT2D eigenvalue weighted by molar-refractivity contribution is 6.30. The zero-order valence-corrected chi connectivity index (χ0v) is 17.5. The number of primary amides is 1. The number of nitrogens with zero attached hydrogens (tertiary/aromatic N) is 3. The Hall–Kier alpha value is -2.93. The molecule has 8 heteroatoms. The van der Waals surface area contributed by atoms with Crippen LogP contribution in [0.3, 0.4) is 0 Å². The van der Waals surface area contributed by atoms with Crippen LogP contribution in [-0.2, 0) is 11.2 Å². The Morgan fingerprint density at radius 1 is 1.24 bits per heavy atom. The number of benzene rings is 1. The van der Waals surface area contributed by atoms with Crippen molar-refractivity contribution in [3.8, 4) is 0 Å². The maximum Gasteiger partial charge on any atom is 0.254 e. The van der Waals surface area contributed by atoms with Gasteiger partial charge in [0.05, 0.1) is 12.2 Å². The molecule has 0 spiro atoms. The molecule has 1 aromatic carbocycles. The summed E-state index contributed by atoms with van der Waals surface area (Å²) in [6, 6.07) is 7.44. The summed E-state index contributed by atoms with van der Waals surface area (Å²) in [6.45, 7) is 5.79. The molecule has 0 aliphatic heterocycles. The van der Waals surface area contributed by atoms with Gasteiger partial charge in [0.25, 0.3) is 5.91 Å². The van der Waals surface area contributed by atoms with Crippen LogP contribution in [0.4, 0.5) is 0 Å². The molecule has 0 bridgehead atoms. The molecule has 3 N–H and O–H groups in total. The summed E-state index contributed by atoms with van der Waals surface area (Å²) in [4.78, 5) is 28.6. The number of aryl methyl sites for hydroxylation is 2. The van der Waals surface area contributed by atoms with Crippen molar-refractivity contribution in [1.29, 1.82) is 0 Å². The van der Waals surface area contributed by atoms with E-state index in [1.807, 2.05) is 45.0 Å². The van der Waals surface area contributed by atoms with Crippen LogP contribution in [0.1, 0.15) is 58.7 Å². The molecule has 1 atom stereocenters. The molecule has 0 aliphatic carbocycles. The van der Waals surface area contributed by atoms with Crippen LogP contribution >= 0.6 is 11.6 Å². The second kappa shape index (κ2) is 8.61. The van der Waals surface area contributed by atoms with Gasteiger partial charge in [-0.1, -0.05) is 30.7 Å². The molecule has 2 heterocycles. The number of fused-ring (bicyclic) bond motifs is 1. The normalized spacial score (nSPS) is 12.1. The van der Waals surface area contributed by atoms with Gasteiger partial charge in [-0.3, -0.25) is 9.59 Å². The molecule has 0 radical (unpaired) electrons. The van der Waals surface area contributed by atoms with Crippen LogP contribution in [0.25, 0.3) is 5.65 Å². The van der Waals surface area contributed by atoms with Gasteiger partial charge >= 0.3 is 0 Å². The van der Waals surface area contributed by atoms with Crippen molar-refractivity contribution < 1.29 is 9.59 Å². The van der Waals surface area contributed by atoms with Crippen molar-refractivity contribution in [3.63, 3.8) is 0 Å². The molecule has 7 nitrogen and oxygen atoms in total. The number of aromatic nitrogens is 3. The monoisotopic (exact) mass is 413 g/mol. The van der Waals surface area contributed by atoms with Crippen molar-refractivity contribution in [3.05, 3.63) is 63.6 Å². The third-order valence-corrected chi connectivity index (χ3v) is 5.34. The van der Waals surface area contributed by atoms with E-state index in [1.54, 1.807) is 4.52 Å². The number of hydrogen-bond donors (Lipinski definition) is 2. The quantitative estimate of drug-likeness (QED) is 0.620. The minimum absolute atomic E-state index is 0.0380. The minimum Gasteiger partial charge on any atom is -0.365 e. The van der Waals surface area contributed by atoms with Crippen LogP contribution in [0.15, 0.2) is 30.5 Å². The van der Waals surface area contributed by atoms with Gasteiger partial charge in [-0.15, -0.1) is 0 Å². The molecular weight excluding hydrogens is 390 g/mol. The Labute approximate surface area is 174 Å². The summed E-state index contributed by atoms with van der Waals surface area (Å²) in [5, 5.41) is 7.97. The van der Waals surface area contributed by atoms with E-state index in [1.165, 1.54) is 6.20 Å². The van der Waals surface area contributed by atoms with E-state index in [9.17, 15) is 9.59 Å². The highest BCUT2D eigenvalue weighted by Gasteiger charge is 2.18. The lowest BCUT2D eigenvalue weighted by Gasteiger charge is -2.18. The highest BCUT2D eigenvalue weighted by atomic mass is 35.5. The first kappa shape index (κ1) is 20.8. The minimum atomic E-state index is -0.564. The Morgan fingerprint density at radius 2 is 1.93 bits per heavy atom. The molecule has 152 valence electrons. The van der Waals surface area contributed by atoms with Crippen LogP contribution < -0.4 is 11.1 Å². The van der Waals surface area contributed by atoms with Gasteiger partial charge in [0.15, 0.2) is 5.65 Å². The van der Waals surface area contributed by atoms with Crippen molar-refractivity contribution in [2.75, 3.05) is 0 Å². The van der Waals surface area contributed by atoms with Gasteiger partial charge in [-0.2, -0.15) is 5.10 Å². The number of halogens is 1. The predicted octanol–water partition coefficient (Wildman–Crippen LogP) is 3.30. The van der Waals surface area contributed by atoms with Gasteiger partial charge in [-0.05, 0) is 49.9 Å². The number of nitrogens with two attached hydrogens (primary N) is 1. The number of carbonyl (C=O) groups is 2. The number of rotatable bonds is 7. The van der Waals surface area contributed by atoms with Gasteiger partial charge in [-0.25, -0.2) is 9.50 Å². The van der Waals surface area contributed by atoms with Crippen molar-refractivity contribution in [2.24, 2.45) is 5.73 Å². The summed E-state index contributed by atoms with van der Waals surface area (Å²) in [5.74, 6) is -0.602. The number of amides is 2. The van der Waals surface area contributed by atoms with E-state index >= 15 is 0 Å². The summed E-state index contributed by atoms with van der Waals surface area (Å²) in [6.07, 6.45) is 3.05. The Balaban J connectivity index is 1.73. The first-order chi connectivity index (χ1) is 13.8. The van der Waals surface area contributed by atoms with Crippen LogP contribution in [0.2, 0.25) is 5.02 Å². The van der Waals surface area contributed by atoms with Gasteiger partial charge < -0.3 is 11.1 Å². The molecule has 0 saturated carbocycles. The molecule has 3 aromatic rings. The Morgan fingerprint density at radius 3 is 2.55 bits per heavy atom. The van der Waals surface area contributed by atoms with E-state index in [0.29, 0.717) is 23.5 Å². The SMILES string of the molecule is CCC(NC(=O)CCc1c(C)nc2c(C(N)=O)cnn2c1C)c1ccc(Cl)cc1. The average Bonchev–Trinajstić information content (AvgIpc) is 3.11. The van der Waals surface area contributed by atoms with E-state index in [-0.39, 0.29) is 17.5 Å². The zero-order chi connectivity index (χ0) is 21.1. The largest absolute Gasteiger partial charge is 0.365 e. The molecule has 0 aliphatic rings. The van der Waals surface area contributed by atoms with Crippen LogP contribution in [-0.4, -0.2) is 26.4 Å². The standard InChI is InChI=1S/C21H24ClN5O2/c1-4-18(14-5-7-15(22)8-6-14)26-19(28)10-9-16-12(2)25-21-17(20(23)29)11-24-27(21)13(16)3/h5-8,11,18H,4,9-10H2,1-3H3,(H2,23,29)(H,26,28). The molecule has 0 saturated heterocycles. The average molecular weight is 414 g/mol. The first-order valence-electron chi connectivity index (χ1n) is 9.50. The number of hydrogen-bond acceptors (Lipinski definition) is 4. The fourth-order valence-corrected chi connectivity index (χ4v) is 3.59. The molecule has 2 amide bonds. The fourth-order valence-electron chi connectivity index (χ4n) is 3.47. The predicted molar refractivity (Wildman–Crippen MR) is 112 cm³/mol. The maximum absolute atomic E-state index is 12.6. The summed E-state index contributed by atoms with van der Waals surface area (Å²) >= 11 is 5.95. The smallest absolute Gasteiger partial charge is 0.254 e. The van der Waals surface area contributed by atoms with Gasteiger partial charge in [0.1, 0.15) is 5.56 Å². The zero-order valence-electron chi connectivity index (χ0n) is 16.7. The van der Waals surface area contributed by atoms with Crippen LogP contribution in [0.5, 0.6) is 0 Å². The number of nitrogens with one attached hydrogen (secondary N) is 1. The van der Waals surface area contributed by atoms with E-state index in [0.717, 1.165) is 28.9 Å². The lowest BCUT2D eigenvalue weighted by atomic mass is 10.0. The molecule has 2 aromatic heterocycles. The second-order valence-electron chi connectivity index (χ2n) is 7.00. The highest BCUT2D eigenvalue weighted by Crippen LogP contribution is 2.21. The summed E-state index contributed by atoms with van der Waals surface area (Å²) in [7, 11) is 0. The first-order valence-corrected chi connectivity index (χ1v) is 9.88. The summed E-state index contributed by atoms with van der Waals surface area (Å²) in [5.41, 5.74) is 9.68. The molecule has 29 heavy (non-hydrogen) atoms. The van der Waals surface area contributed by atoms with Crippen LogP contribution in [0, 0.1) is 13.8 Å². The Kier molecular flexibility index (Phi) is 6.17. The topological polar surface area (TPSA) is 102 Å². The maximum atomic E-state index is 12.6. The Bertz CT molecular complexity index is 1060. The fraction of sp³-hybridized carbons (Fsp3) is 0.333. The second-order valence-corrected chi connectivity index (χ2v) is 7.44. The van der Waals surface area contributed by atoms with E-state index in [2.05, 4.69) is 15.4 Å². The third kappa shape index (κ3) is 4.40. The lowest BCUT2D eigenvalue weighted by molar-refractivity contribution is -0.121. The number of carbonyl (C=O) groups excluding carboxylic acids is 2. The molecule has 3 rings (SSSR count). The molecule has 1 unspecified atom stereocenters. The summed E-state index contributed by atoms with van der Waals surface area (Å²) < 4.78 is 1.60. The van der Waals surface area contributed by atoms with Gasteiger partial charge in [0, 0.05) is 22.8 Å². The van der Waals surface area contributed by atoms with Crippen molar-refractivity contribution in [2.45, 2.75) is 46.1 Å². The molecular formula is C21H24ClN5O2. The molecule has 0 fully saturated rings. The van der Waals surface area contributed by atoms with Crippen molar-refractivity contribution in [1.82, 2.24) is 19.9 Å².